The van der Waals surface area contributed by atoms with E-state index in [1.54, 1.807) is 22.9 Å². The monoisotopic (exact) mass is 395 g/mol. The van der Waals surface area contributed by atoms with E-state index >= 15 is 0 Å². The maximum atomic E-state index is 12.4. The van der Waals surface area contributed by atoms with Crippen molar-refractivity contribution >= 4 is 29.1 Å². The molecule has 0 spiro atoms. The molecule has 0 radical (unpaired) electrons. The summed E-state index contributed by atoms with van der Waals surface area (Å²) in [4.78, 5) is 16.8. The molecule has 1 fully saturated rings. The first-order valence-electron chi connectivity index (χ1n) is 8.99. The molecular formula is C18H23Cl2N5O. The van der Waals surface area contributed by atoms with Crippen LogP contribution in [0.25, 0.3) is 5.69 Å². The number of carbonyl (C=O) groups excluding carboxylic acids is 1. The van der Waals surface area contributed by atoms with Crippen LogP contribution in [-0.2, 0) is 6.42 Å². The number of nitrogens with one attached hydrogen (secondary N) is 2. The van der Waals surface area contributed by atoms with Crippen molar-refractivity contribution < 1.29 is 4.79 Å². The van der Waals surface area contributed by atoms with Gasteiger partial charge in [0.05, 0.1) is 10.0 Å². The number of amides is 1. The number of hydrogen-bond donors (Lipinski definition) is 2. The summed E-state index contributed by atoms with van der Waals surface area (Å²) < 4.78 is 1.56. The maximum Gasteiger partial charge on any atom is 0.290 e. The second kappa shape index (κ2) is 8.84. The zero-order chi connectivity index (χ0) is 18.5. The summed E-state index contributed by atoms with van der Waals surface area (Å²) in [6.45, 7) is 4.68. The van der Waals surface area contributed by atoms with E-state index in [0.29, 0.717) is 40.4 Å². The molecule has 3 rings (SSSR count). The number of benzene rings is 1. The van der Waals surface area contributed by atoms with Crippen LogP contribution in [0.2, 0.25) is 10.0 Å². The minimum absolute atomic E-state index is 0.139. The summed E-state index contributed by atoms with van der Waals surface area (Å²) in [5.74, 6) is 1.12. The van der Waals surface area contributed by atoms with Crippen molar-refractivity contribution in [2.24, 2.45) is 5.92 Å². The Balaban J connectivity index is 1.70. The Kier molecular flexibility index (Phi) is 6.51. The van der Waals surface area contributed by atoms with Crippen LogP contribution >= 0.6 is 23.2 Å². The van der Waals surface area contributed by atoms with Gasteiger partial charge in [-0.3, -0.25) is 4.79 Å². The number of aromatic nitrogens is 3. The normalized spacial score (nSPS) is 17.3. The zero-order valence-corrected chi connectivity index (χ0v) is 16.3. The fraction of sp³-hybridized carbons (Fsp3) is 0.500. The van der Waals surface area contributed by atoms with Crippen LogP contribution in [-0.4, -0.2) is 40.3 Å². The van der Waals surface area contributed by atoms with E-state index in [1.165, 1.54) is 12.8 Å². The highest BCUT2D eigenvalue weighted by molar-refractivity contribution is 6.37. The molecule has 2 N–H and O–H groups in total. The smallest absolute Gasteiger partial charge is 0.290 e. The first kappa shape index (κ1) is 19.1. The molecular weight excluding hydrogens is 373 g/mol. The summed E-state index contributed by atoms with van der Waals surface area (Å²) in [5, 5.41) is 11.6. The van der Waals surface area contributed by atoms with Gasteiger partial charge in [-0.2, -0.15) is 0 Å². The first-order valence-corrected chi connectivity index (χ1v) is 9.75. The predicted molar refractivity (Wildman–Crippen MR) is 103 cm³/mol. The third-order valence-electron chi connectivity index (χ3n) is 4.58. The average molecular weight is 396 g/mol. The Morgan fingerprint density at radius 3 is 2.81 bits per heavy atom. The van der Waals surface area contributed by atoms with Crippen molar-refractivity contribution in [2.75, 3.05) is 19.6 Å². The number of aryl methyl sites for hydroxylation is 1. The molecule has 1 unspecified atom stereocenters. The molecule has 1 saturated heterocycles. The number of halogens is 2. The third kappa shape index (κ3) is 4.37. The van der Waals surface area contributed by atoms with E-state index in [0.717, 1.165) is 19.5 Å². The molecule has 8 heteroatoms. The number of para-hydroxylation sites is 1. The topological polar surface area (TPSA) is 71.8 Å². The van der Waals surface area contributed by atoms with Gasteiger partial charge < -0.3 is 10.6 Å². The molecule has 1 amide bonds. The lowest BCUT2D eigenvalue weighted by molar-refractivity contribution is 0.0940. The van der Waals surface area contributed by atoms with E-state index in [1.807, 2.05) is 6.92 Å². The SMILES string of the molecule is CCc1nc(C(=O)NCCC2CCCNC2)nn1-c1c(Cl)cccc1Cl. The Morgan fingerprint density at radius 1 is 1.38 bits per heavy atom. The number of carbonyl (C=O) groups is 1. The highest BCUT2D eigenvalue weighted by Crippen LogP contribution is 2.28. The van der Waals surface area contributed by atoms with Gasteiger partial charge in [0.2, 0.25) is 5.82 Å². The van der Waals surface area contributed by atoms with Gasteiger partial charge in [0, 0.05) is 13.0 Å². The van der Waals surface area contributed by atoms with Gasteiger partial charge >= 0.3 is 0 Å². The van der Waals surface area contributed by atoms with Crippen molar-refractivity contribution in [3.63, 3.8) is 0 Å². The largest absolute Gasteiger partial charge is 0.349 e. The van der Waals surface area contributed by atoms with Crippen LogP contribution in [0.15, 0.2) is 18.2 Å². The molecule has 0 aliphatic carbocycles. The molecule has 6 nitrogen and oxygen atoms in total. The van der Waals surface area contributed by atoms with Gasteiger partial charge in [-0.25, -0.2) is 9.67 Å². The summed E-state index contributed by atoms with van der Waals surface area (Å²) in [6.07, 6.45) is 3.97. The molecule has 140 valence electrons. The molecule has 26 heavy (non-hydrogen) atoms. The van der Waals surface area contributed by atoms with Crippen molar-refractivity contribution in [1.29, 1.82) is 0 Å². The molecule has 1 atom stereocenters. The van der Waals surface area contributed by atoms with E-state index in [4.69, 9.17) is 23.2 Å². The summed E-state index contributed by atoms with van der Waals surface area (Å²) in [7, 11) is 0. The van der Waals surface area contributed by atoms with E-state index in [2.05, 4.69) is 20.7 Å². The standard InChI is InChI=1S/C18H23Cl2N5O/c1-2-15-23-17(18(26)22-10-8-12-5-4-9-21-11-12)24-25(15)16-13(19)6-3-7-14(16)20/h3,6-7,12,21H,2,4-5,8-11H2,1H3,(H,22,26). The summed E-state index contributed by atoms with van der Waals surface area (Å²) in [6, 6.07) is 5.24. The van der Waals surface area contributed by atoms with Crippen molar-refractivity contribution in [1.82, 2.24) is 25.4 Å². The Bertz CT molecular complexity index is 751. The number of nitrogens with zero attached hydrogens (tertiary/aromatic N) is 3. The van der Waals surface area contributed by atoms with Crippen molar-refractivity contribution in [2.45, 2.75) is 32.6 Å². The van der Waals surface area contributed by atoms with Gasteiger partial charge in [-0.05, 0) is 50.4 Å². The molecule has 1 aliphatic heterocycles. The van der Waals surface area contributed by atoms with Crippen molar-refractivity contribution in [3.05, 3.63) is 39.9 Å². The number of piperidine rings is 1. The first-order chi connectivity index (χ1) is 12.6. The fourth-order valence-electron chi connectivity index (χ4n) is 3.18. The van der Waals surface area contributed by atoms with Crippen LogP contribution in [0.3, 0.4) is 0 Å². The lowest BCUT2D eigenvalue weighted by atomic mass is 9.96. The molecule has 2 heterocycles. The predicted octanol–water partition coefficient (Wildman–Crippen LogP) is 3.26. The summed E-state index contributed by atoms with van der Waals surface area (Å²) in [5.41, 5.74) is 0.549. The van der Waals surface area contributed by atoms with Crippen LogP contribution in [0, 0.1) is 5.92 Å². The second-order valence-electron chi connectivity index (χ2n) is 6.44. The lowest BCUT2D eigenvalue weighted by Crippen LogP contribution is -2.33. The molecule has 1 aromatic heterocycles. The quantitative estimate of drug-likeness (QED) is 0.786. The van der Waals surface area contributed by atoms with E-state index in [-0.39, 0.29) is 11.7 Å². The van der Waals surface area contributed by atoms with E-state index in [9.17, 15) is 4.79 Å². The van der Waals surface area contributed by atoms with Crippen molar-refractivity contribution in [3.8, 4) is 5.69 Å². The Hall–Kier alpha value is -1.63. The summed E-state index contributed by atoms with van der Waals surface area (Å²) >= 11 is 12.5. The molecule has 0 saturated carbocycles. The van der Waals surface area contributed by atoms with Crippen LogP contribution in [0.4, 0.5) is 0 Å². The van der Waals surface area contributed by atoms with Gasteiger partial charge in [0.1, 0.15) is 11.5 Å². The lowest BCUT2D eigenvalue weighted by Gasteiger charge is -2.22. The van der Waals surface area contributed by atoms with Gasteiger partial charge in [-0.15, -0.1) is 5.10 Å². The van der Waals surface area contributed by atoms with Gasteiger partial charge in [0.15, 0.2) is 0 Å². The molecule has 1 aromatic carbocycles. The van der Waals surface area contributed by atoms with Gasteiger partial charge in [-0.1, -0.05) is 36.2 Å². The van der Waals surface area contributed by atoms with Crippen LogP contribution in [0.5, 0.6) is 0 Å². The maximum absolute atomic E-state index is 12.4. The second-order valence-corrected chi connectivity index (χ2v) is 7.26. The van der Waals surface area contributed by atoms with E-state index < -0.39 is 0 Å². The average Bonchev–Trinajstić information content (AvgIpc) is 3.06. The Labute approximate surface area is 163 Å². The number of rotatable bonds is 6. The molecule has 0 bridgehead atoms. The third-order valence-corrected chi connectivity index (χ3v) is 5.19. The molecule has 2 aromatic rings. The van der Waals surface area contributed by atoms with Crippen LogP contribution in [0.1, 0.15) is 42.6 Å². The molecule has 1 aliphatic rings. The zero-order valence-electron chi connectivity index (χ0n) is 14.8. The minimum Gasteiger partial charge on any atom is -0.349 e. The van der Waals surface area contributed by atoms with Crippen LogP contribution < -0.4 is 10.6 Å². The highest BCUT2D eigenvalue weighted by Gasteiger charge is 2.20. The van der Waals surface area contributed by atoms with Gasteiger partial charge in [0.25, 0.3) is 5.91 Å². The number of hydrogen-bond acceptors (Lipinski definition) is 4. The minimum atomic E-state index is -0.273. The highest BCUT2D eigenvalue weighted by atomic mass is 35.5. The Morgan fingerprint density at radius 2 is 2.15 bits per heavy atom. The fourth-order valence-corrected chi connectivity index (χ4v) is 3.74.